The number of fused-ring (bicyclic) bond motifs is 1. The molecule has 132 valence electrons. The summed E-state index contributed by atoms with van der Waals surface area (Å²) in [5, 5.41) is 7.19. The van der Waals surface area contributed by atoms with E-state index in [1.54, 1.807) is 0 Å². The van der Waals surface area contributed by atoms with Crippen molar-refractivity contribution in [2.45, 2.75) is 70.8 Å². The molecule has 1 heterocycles. The summed E-state index contributed by atoms with van der Waals surface area (Å²) in [6.07, 6.45) is 12.3. The van der Waals surface area contributed by atoms with Crippen LogP contribution in [0.2, 0.25) is 0 Å². The van der Waals surface area contributed by atoms with E-state index in [1.807, 2.05) is 0 Å². The zero-order valence-corrected chi connectivity index (χ0v) is 14.9. The first kappa shape index (κ1) is 17.1. The molecule has 2 aliphatic carbocycles. The van der Waals surface area contributed by atoms with Crippen LogP contribution in [0.1, 0.15) is 64.7 Å². The van der Waals surface area contributed by atoms with Crippen molar-refractivity contribution in [3.63, 3.8) is 0 Å². The standard InChI is InChI=1S/C19H35N3O/c1-2-20-19(21-14-15-9-11-23-12-10-15)22-18-8-7-16-5-3-4-6-17(16)13-18/h15-18H,2-14H2,1H3,(H2,20,21,22). The zero-order valence-electron chi connectivity index (χ0n) is 14.9. The molecule has 1 saturated heterocycles. The van der Waals surface area contributed by atoms with Crippen molar-refractivity contribution in [2.75, 3.05) is 26.3 Å². The largest absolute Gasteiger partial charge is 0.381 e. The van der Waals surface area contributed by atoms with Crippen molar-refractivity contribution in [1.82, 2.24) is 10.6 Å². The highest BCUT2D eigenvalue weighted by Crippen LogP contribution is 2.40. The Labute approximate surface area is 141 Å². The first-order chi connectivity index (χ1) is 11.3. The quantitative estimate of drug-likeness (QED) is 0.617. The van der Waals surface area contributed by atoms with Gasteiger partial charge in [-0.05, 0) is 56.8 Å². The predicted molar refractivity (Wildman–Crippen MR) is 95.7 cm³/mol. The Balaban J connectivity index is 1.49. The molecular weight excluding hydrogens is 286 g/mol. The van der Waals surface area contributed by atoms with Crippen LogP contribution in [-0.2, 0) is 4.74 Å². The van der Waals surface area contributed by atoms with E-state index in [0.29, 0.717) is 12.0 Å². The molecule has 3 unspecified atom stereocenters. The molecule has 2 saturated carbocycles. The molecule has 3 fully saturated rings. The average molecular weight is 322 g/mol. The van der Waals surface area contributed by atoms with Gasteiger partial charge in [0.05, 0.1) is 0 Å². The first-order valence-corrected chi connectivity index (χ1v) is 9.97. The summed E-state index contributed by atoms with van der Waals surface area (Å²) in [6.45, 7) is 5.87. The molecule has 0 aromatic heterocycles. The molecule has 1 aliphatic heterocycles. The van der Waals surface area contributed by atoms with Crippen LogP contribution in [0, 0.1) is 17.8 Å². The van der Waals surface area contributed by atoms with Crippen molar-refractivity contribution >= 4 is 5.96 Å². The van der Waals surface area contributed by atoms with Crippen LogP contribution < -0.4 is 10.6 Å². The van der Waals surface area contributed by atoms with Crippen LogP contribution in [0.3, 0.4) is 0 Å². The first-order valence-electron chi connectivity index (χ1n) is 9.97. The van der Waals surface area contributed by atoms with Crippen LogP contribution in [0.4, 0.5) is 0 Å². The summed E-state index contributed by atoms with van der Waals surface area (Å²) in [6, 6.07) is 0.627. The molecule has 3 rings (SSSR count). The SMILES string of the molecule is CCNC(=NCC1CCOCC1)NC1CCC2CCCCC2C1. The third kappa shape index (κ3) is 5.10. The van der Waals surface area contributed by atoms with Gasteiger partial charge in [0.25, 0.3) is 0 Å². The zero-order chi connectivity index (χ0) is 15.9. The number of hydrogen-bond acceptors (Lipinski definition) is 2. The molecule has 4 heteroatoms. The fraction of sp³-hybridized carbons (Fsp3) is 0.947. The summed E-state index contributed by atoms with van der Waals surface area (Å²) in [7, 11) is 0. The van der Waals surface area contributed by atoms with Gasteiger partial charge in [-0.1, -0.05) is 25.7 Å². The van der Waals surface area contributed by atoms with Crippen molar-refractivity contribution in [1.29, 1.82) is 0 Å². The summed E-state index contributed by atoms with van der Waals surface area (Å²) in [5.74, 6) is 3.73. The number of nitrogens with one attached hydrogen (secondary N) is 2. The minimum atomic E-state index is 0.627. The Bertz CT molecular complexity index is 379. The third-order valence-corrected chi connectivity index (χ3v) is 6.07. The topological polar surface area (TPSA) is 45.7 Å². The molecule has 0 aromatic carbocycles. The van der Waals surface area contributed by atoms with E-state index < -0.39 is 0 Å². The highest BCUT2D eigenvalue weighted by molar-refractivity contribution is 5.80. The van der Waals surface area contributed by atoms with E-state index in [1.165, 1.54) is 44.9 Å². The van der Waals surface area contributed by atoms with Gasteiger partial charge in [0.1, 0.15) is 0 Å². The fourth-order valence-electron chi connectivity index (χ4n) is 4.67. The number of hydrogen-bond donors (Lipinski definition) is 2. The minimum Gasteiger partial charge on any atom is -0.381 e. The molecule has 3 aliphatic rings. The van der Waals surface area contributed by atoms with E-state index in [-0.39, 0.29) is 0 Å². The monoisotopic (exact) mass is 321 g/mol. The summed E-state index contributed by atoms with van der Waals surface area (Å²) in [5.41, 5.74) is 0. The van der Waals surface area contributed by atoms with Crippen LogP contribution in [0.5, 0.6) is 0 Å². The third-order valence-electron chi connectivity index (χ3n) is 6.07. The second-order valence-electron chi connectivity index (χ2n) is 7.73. The molecule has 2 N–H and O–H groups in total. The van der Waals surface area contributed by atoms with Crippen molar-refractivity contribution in [3.05, 3.63) is 0 Å². The number of nitrogens with zero attached hydrogens (tertiary/aromatic N) is 1. The van der Waals surface area contributed by atoms with Crippen LogP contribution >= 0.6 is 0 Å². The molecule has 0 bridgehead atoms. The van der Waals surface area contributed by atoms with Gasteiger partial charge in [-0.25, -0.2) is 0 Å². The predicted octanol–water partition coefficient (Wildman–Crippen LogP) is 3.33. The Morgan fingerprint density at radius 3 is 2.57 bits per heavy atom. The molecule has 0 radical (unpaired) electrons. The summed E-state index contributed by atoms with van der Waals surface area (Å²) < 4.78 is 5.45. The smallest absolute Gasteiger partial charge is 0.191 e. The minimum absolute atomic E-state index is 0.627. The fourth-order valence-corrected chi connectivity index (χ4v) is 4.67. The Hall–Kier alpha value is -0.770. The summed E-state index contributed by atoms with van der Waals surface area (Å²) >= 11 is 0. The van der Waals surface area contributed by atoms with Crippen LogP contribution in [0.25, 0.3) is 0 Å². The maximum atomic E-state index is 5.45. The van der Waals surface area contributed by atoms with E-state index in [4.69, 9.17) is 9.73 Å². The highest BCUT2D eigenvalue weighted by atomic mass is 16.5. The second kappa shape index (κ2) is 8.91. The molecule has 0 spiro atoms. The van der Waals surface area contributed by atoms with Gasteiger partial charge in [-0.3, -0.25) is 4.99 Å². The second-order valence-corrected chi connectivity index (χ2v) is 7.73. The normalized spacial score (nSPS) is 33.1. The number of ether oxygens (including phenoxy) is 1. The Kier molecular flexibility index (Phi) is 6.61. The van der Waals surface area contributed by atoms with Gasteiger partial charge in [0.15, 0.2) is 5.96 Å². The Morgan fingerprint density at radius 2 is 1.78 bits per heavy atom. The van der Waals surface area contributed by atoms with Crippen LogP contribution in [-0.4, -0.2) is 38.3 Å². The van der Waals surface area contributed by atoms with E-state index in [2.05, 4.69) is 17.6 Å². The van der Waals surface area contributed by atoms with Crippen molar-refractivity contribution in [2.24, 2.45) is 22.7 Å². The molecule has 0 amide bonds. The van der Waals surface area contributed by atoms with E-state index in [9.17, 15) is 0 Å². The van der Waals surface area contributed by atoms with Gasteiger partial charge in [0.2, 0.25) is 0 Å². The van der Waals surface area contributed by atoms with Crippen molar-refractivity contribution in [3.8, 4) is 0 Å². The molecule has 3 atom stereocenters. The number of guanidine groups is 1. The number of rotatable bonds is 4. The lowest BCUT2D eigenvalue weighted by atomic mass is 9.69. The van der Waals surface area contributed by atoms with Gasteiger partial charge in [-0.2, -0.15) is 0 Å². The van der Waals surface area contributed by atoms with Gasteiger partial charge in [-0.15, -0.1) is 0 Å². The Morgan fingerprint density at radius 1 is 1.00 bits per heavy atom. The highest BCUT2D eigenvalue weighted by Gasteiger charge is 2.32. The number of aliphatic imine (C=N–C) groups is 1. The summed E-state index contributed by atoms with van der Waals surface area (Å²) in [4.78, 5) is 4.87. The maximum Gasteiger partial charge on any atom is 0.191 e. The molecule has 23 heavy (non-hydrogen) atoms. The lowest BCUT2D eigenvalue weighted by Crippen LogP contribution is -2.47. The molecule has 4 nitrogen and oxygen atoms in total. The molecular formula is C19H35N3O. The lowest BCUT2D eigenvalue weighted by Gasteiger charge is -2.40. The van der Waals surface area contributed by atoms with Gasteiger partial charge >= 0.3 is 0 Å². The average Bonchev–Trinajstić information content (AvgIpc) is 2.61. The van der Waals surface area contributed by atoms with Gasteiger partial charge in [0, 0.05) is 32.3 Å². The van der Waals surface area contributed by atoms with E-state index in [0.717, 1.165) is 56.9 Å². The van der Waals surface area contributed by atoms with Gasteiger partial charge < -0.3 is 15.4 Å². The maximum absolute atomic E-state index is 5.45. The van der Waals surface area contributed by atoms with E-state index >= 15 is 0 Å². The van der Waals surface area contributed by atoms with Crippen LogP contribution in [0.15, 0.2) is 4.99 Å². The molecule has 0 aromatic rings. The lowest BCUT2D eigenvalue weighted by molar-refractivity contribution is 0.0689. The van der Waals surface area contributed by atoms with Crippen molar-refractivity contribution < 1.29 is 4.74 Å².